The van der Waals surface area contributed by atoms with Gasteiger partial charge in [-0.15, -0.1) is 0 Å². The monoisotopic (exact) mass is 324 g/mol. The lowest BCUT2D eigenvalue weighted by molar-refractivity contribution is 0.908. The standard InChI is InChI=1S/C22H28S/c1-13-9-15(3)21-11-23-12-22-16(4)10-14(2)20(18(22)6)8-7-19(13)17(21)5/h9-10H,7-8,11-12H2,1-6H3. The fraction of sp³-hybridized carbons (Fsp3) is 0.455. The van der Waals surface area contributed by atoms with Gasteiger partial charge in [0.05, 0.1) is 0 Å². The number of thioether (sulfide) groups is 1. The Hall–Kier alpha value is -1.21. The van der Waals surface area contributed by atoms with Crippen molar-refractivity contribution in [1.82, 2.24) is 0 Å². The van der Waals surface area contributed by atoms with Gasteiger partial charge in [0.2, 0.25) is 0 Å². The Morgan fingerprint density at radius 3 is 1.30 bits per heavy atom. The predicted molar refractivity (Wildman–Crippen MR) is 104 cm³/mol. The molecular weight excluding hydrogens is 296 g/mol. The molecule has 0 unspecified atom stereocenters. The number of rotatable bonds is 0. The molecule has 23 heavy (non-hydrogen) atoms. The van der Waals surface area contributed by atoms with E-state index < -0.39 is 0 Å². The van der Waals surface area contributed by atoms with E-state index in [2.05, 4.69) is 65.4 Å². The molecule has 0 nitrogen and oxygen atoms in total. The Kier molecular flexibility index (Phi) is 4.60. The lowest BCUT2D eigenvalue weighted by atomic mass is 9.87. The zero-order chi connectivity index (χ0) is 16.7. The second-order valence-electron chi connectivity index (χ2n) is 7.18. The molecule has 2 aromatic rings. The summed E-state index contributed by atoms with van der Waals surface area (Å²) in [6.45, 7) is 13.8. The first-order valence-electron chi connectivity index (χ1n) is 8.65. The molecule has 1 heterocycles. The van der Waals surface area contributed by atoms with Crippen molar-refractivity contribution >= 4 is 11.8 Å². The minimum Gasteiger partial charge on any atom is -0.152 e. The first-order valence-corrected chi connectivity index (χ1v) is 9.80. The lowest BCUT2D eigenvalue weighted by Gasteiger charge is -2.18. The van der Waals surface area contributed by atoms with E-state index in [4.69, 9.17) is 0 Å². The molecule has 0 aromatic heterocycles. The van der Waals surface area contributed by atoms with E-state index in [0.717, 1.165) is 11.5 Å². The van der Waals surface area contributed by atoms with Crippen molar-refractivity contribution in [3.63, 3.8) is 0 Å². The second-order valence-corrected chi connectivity index (χ2v) is 8.16. The number of benzene rings is 2. The number of hydrogen-bond donors (Lipinski definition) is 0. The maximum absolute atomic E-state index is 2.40. The first-order chi connectivity index (χ1) is 10.9. The Bertz CT molecular complexity index is 703. The van der Waals surface area contributed by atoms with Crippen LogP contribution in [0.4, 0.5) is 0 Å². The molecule has 0 atom stereocenters. The van der Waals surface area contributed by atoms with Gasteiger partial charge in [-0.1, -0.05) is 12.1 Å². The van der Waals surface area contributed by atoms with E-state index in [-0.39, 0.29) is 0 Å². The molecule has 122 valence electrons. The van der Waals surface area contributed by atoms with Gasteiger partial charge >= 0.3 is 0 Å². The van der Waals surface area contributed by atoms with Crippen molar-refractivity contribution in [2.75, 3.05) is 0 Å². The van der Waals surface area contributed by atoms with Gasteiger partial charge in [0.25, 0.3) is 0 Å². The summed E-state index contributed by atoms with van der Waals surface area (Å²) in [5, 5.41) is 0. The SMILES string of the molecule is Cc1cc(C)c2c(C)c1CCc1c(C)cc(C)c(c1C)CSC2. The summed E-state index contributed by atoms with van der Waals surface area (Å²) < 4.78 is 0. The summed E-state index contributed by atoms with van der Waals surface area (Å²) in [5.41, 5.74) is 15.2. The van der Waals surface area contributed by atoms with Crippen molar-refractivity contribution in [3.8, 4) is 0 Å². The minimum absolute atomic E-state index is 1.13. The molecule has 3 rings (SSSR count). The molecule has 0 radical (unpaired) electrons. The molecule has 0 spiro atoms. The highest BCUT2D eigenvalue weighted by Crippen LogP contribution is 2.33. The van der Waals surface area contributed by atoms with E-state index in [9.17, 15) is 0 Å². The molecule has 0 fully saturated rings. The Labute approximate surface area is 145 Å². The lowest BCUT2D eigenvalue weighted by Crippen LogP contribution is -2.05. The molecular formula is C22H28S. The van der Waals surface area contributed by atoms with Crippen LogP contribution in [0.5, 0.6) is 0 Å². The summed E-state index contributed by atoms with van der Waals surface area (Å²) in [7, 11) is 0. The van der Waals surface area contributed by atoms with E-state index in [1.807, 2.05) is 0 Å². The van der Waals surface area contributed by atoms with Crippen LogP contribution in [0, 0.1) is 41.5 Å². The molecule has 0 saturated carbocycles. The zero-order valence-electron chi connectivity index (χ0n) is 15.4. The minimum atomic E-state index is 1.13. The summed E-state index contributed by atoms with van der Waals surface area (Å²) >= 11 is 2.07. The Balaban J connectivity index is 2.14. The van der Waals surface area contributed by atoms with Crippen molar-refractivity contribution in [2.45, 2.75) is 65.9 Å². The van der Waals surface area contributed by atoms with Crippen LogP contribution in [0.2, 0.25) is 0 Å². The third-order valence-corrected chi connectivity index (χ3v) is 6.68. The molecule has 0 saturated heterocycles. The number of hydrogen-bond acceptors (Lipinski definition) is 1. The maximum atomic E-state index is 2.40. The molecule has 1 aliphatic heterocycles. The highest BCUT2D eigenvalue weighted by Gasteiger charge is 2.16. The van der Waals surface area contributed by atoms with Crippen molar-refractivity contribution < 1.29 is 0 Å². The molecule has 2 aromatic carbocycles. The smallest absolute Gasteiger partial charge is 0.0193 e. The first kappa shape index (κ1) is 16.6. The van der Waals surface area contributed by atoms with Crippen LogP contribution in [0.15, 0.2) is 12.1 Å². The fourth-order valence-corrected chi connectivity index (χ4v) is 5.66. The van der Waals surface area contributed by atoms with Gasteiger partial charge < -0.3 is 0 Å². The van der Waals surface area contributed by atoms with Gasteiger partial charge in [0.1, 0.15) is 0 Å². The summed E-state index contributed by atoms with van der Waals surface area (Å²) in [4.78, 5) is 0. The molecule has 0 amide bonds. The van der Waals surface area contributed by atoms with Crippen LogP contribution in [0.3, 0.4) is 0 Å². The number of aryl methyl sites for hydroxylation is 4. The summed E-state index contributed by atoms with van der Waals surface area (Å²) in [6.07, 6.45) is 2.33. The zero-order valence-corrected chi connectivity index (χ0v) is 16.2. The van der Waals surface area contributed by atoms with Crippen molar-refractivity contribution in [1.29, 1.82) is 0 Å². The average molecular weight is 325 g/mol. The van der Waals surface area contributed by atoms with E-state index in [1.54, 1.807) is 22.3 Å². The largest absolute Gasteiger partial charge is 0.152 e. The quantitative estimate of drug-likeness (QED) is 0.567. The highest BCUT2D eigenvalue weighted by atomic mass is 32.2. The van der Waals surface area contributed by atoms with Crippen molar-refractivity contribution in [3.05, 3.63) is 67.8 Å². The van der Waals surface area contributed by atoms with E-state index in [1.165, 1.54) is 46.2 Å². The summed E-state index contributed by atoms with van der Waals surface area (Å²) in [6, 6.07) is 4.80. The molecule has 1 heteroatoms. The fourth-order valence-electron chi connectivity index (χ4n) is 4.26. The third kappa shape index (κ3) is 2.96. The molecule has 0 aliphatic carbocycles. The van der Waals surface area contributed by atoms with Crippen LogP contribution in [0.25, 0.3) is 0 Å². The number of fused-ring (bicyclic) bond motifs is 4. The van der Waals surface area contributed by atoms with Crippen LogP contribution < -0.4 is 0 Å². The van der Waals surface area contributed by atoms with Gasteiger partial charge in [-0.3, -0.25) is 0 Å². The van der Waals surface area contributed by atoms with Gasteiger partial charge in [-0.05, 0) is 110 Å². The highest BCUT2D eigenvalue weighted by molar-refractivity contribution is 7.97. The summed E-state index contributed by atoms with van der Waals surface area (Å²) in [5.74, 6) is 2.26. The van der Waals surface area contributed by atoms with E-state index in [0.29, 0.717) is 0 Å². The topological polar surface area (TPSA) is 0 Å². The van der Waals surface area contributed by atoms with E-state index >= 15 is 0 Å². The van der Waals surface area contributed by atoms with Gasteiger partial charge in [-0.2, -0.15) is 11.8 Å². The normalized spacial score (nSPS) is 14.5. The van der Waals surface area contributed by atoms with Gasteiger partial charge in [-0.25, -0.2) is 0 Å². The van der Waals surface area contributed by atoms with Crippen LogP contribution in [-0.4, -0.2) is 0 Å². The van der Waals surface area contributed by atoms with Crippen LogP contribution in [0.1, 0.15) is 55.6 Å². The second kappa shape index (κ2) is 6.36. The van der Waals surface area contributed by atoms with Crippen LogP contribution in [-0.2, 0) is 24.3 Å². The van der Waals surface area contributed by atoms with Gasteiger partial charge in [0.15, 0.2) is 0 Å². The van der Waals surface area contributed by atoms with Crippen molar-refractivity contribution in [2.24, 2.45) is 0 Å². The average Bonchev–Trinajstić information content (AvgIpc) is 2.48. The Morgan fingerprint density at radius 2 is 0.913 bits per heavy atom. The third-order valence-electron chi connectivity index (χ3n) is 5.70. The van der Waals surface area contributed by atoms with Gasteiger partial charge in [0, 0.05) is 11.5 Å². The molecule has 0 N–H and O–H groups in total. The van der Waals surface area contributed by atoms with Crippen LogP contribution >= 0.6 is 11.8 Å². The predicted octanol–water partition coefficient (Wildman–Crippen LogP) is 6.07. The Morgan fingerprint density at radius 1 is 0.565 bits per heavy atom. The maximum Gasteiger partial charge on any atom is 0.0193 e. The molecule has 4 bridgehead atoms. The molecule has 1 aliphatic rings.